The molecular weight excluding hydrogens is 390 g/mol. The van der Waals surface area contributed by atoms with Gasteiger partial charge in [0.25, 0.3) is 11.5 Å². The van der Waals surface area contributed by atoms with Crippen molar-refractivity contribution >= 4 is 12.1 Å². The van der Waals surface area contributed by atoms with Gasteiger partial charge in [-0.15, -0.1) is 0 Å². The van der Waals surface area contributed by atoms with Gasteiger partial charge in [-0.05, 0) is 75.2 Å². The third-order valence-corrected chi connectivity index (χ3v) is 4.38. The molecule has 0 spiro atoms. The number of hydrazone groups is 1. The van der Waals surface area contributed by atoms with Gasteiger partial charge in [-0.25, -0.2) is 5.43 Å². The van der Waals surface area contributed by atoms with Crippen LogP contribution in [0, 0.1) is 6.92 Å². The Morgan fingerprint density at radius 3 is 2.52 bits per heavy atom. The van der Waals surface area contributed by atoms with Crippen molar-refractivity contribution in [2.75, 3.05) is 0 Å². The summed E-state index contributed by atoms with van der Waals surface area (Å²) in [6, 6.07) is 18.5. The maximum Gasteiger partial charge on any atom is 0.276 e. The molecule has 1 aromatic heterocycles. The van der Waals surface area contributed by atoms with Gasteiger partial charge in [0.2, 0.25) is 0 Å². The van der Waals surface area contributed by atoms with E-state index in [1.165, 1.54) is 16.8 Å². The Balaban J connectivity index is 1.66. The minimum Gasteiger partial charge on any atom is -0.488 e. The van der Waals surface area contributed by atoms with Crippen LogP contribution in [0.5, 0.6) is 5.75 Å². The van der Waals surface area contributed by atoms with Gasteiger partial charge in [-0.1, -0.05) is 29.8 Å². The summed E-state index contributed by atoms with van der Waals surface area (Å²) in [5.41, 5.74) is 4.75. The predicted molar refractivity (Wildman–Crippen MR) is 123 cm³/mol. The van der Waals surface area contributed by atoms with Gasteiger partial charge in [0.15, 0.2) is 0 Å². The lowest BCUT2D eigenvalue weighted by molar-refractivity contribution is 0.0953. The molecule has 1 N–H and O–H groups in total. The Kier molecular flexibility index (Phi) is 6.70. The van der Waals surface area contributed by atoms with E-state index in [4.69, 9.17) is 4.74 Å². The molecule has 1 heterocycles. The molecule has 0 radical (unpaired) electrons. The number of aromatic nitrogens is 1. The summed E-state index contributed by atoms with van der Waals surface area (Å²) in [7, 11) is 0. The second-order valence-electron chi connectivity index (χ2n) is 8.33. The minimum atomic E-state index is -0.549. The largest absolute Gasteiger partial charge is 0.488 e. The Bertz CT molecular complexity index is 1140. The lowest BCUT2D eigenvalue weighted by atomic mass is 10.1. The molecule has 3 rings (SSSR count). The van der Waals surface area contributed by atoms with E-state index in [-0.39, 0.29) is 16.7 Å². The first-order valence-electron chi connectivity index (χ1n) is 10.1. The standard InChI is InChI=1S/C25H27N3O3/c1-18-7-5-8-20(15-18)17-28-14-6-9-22(24(28)30)23(29)27-26-16-19-10-12-21(13-11-19)31-25(2,3)4/h5-16H,17H2,1-4H3,(H,27,29)/b26-16-. The van der Waals surface area contributed by atoms with Crippen LogP contribution in [-0.2, 0) is 6.54 Å². The fourth-order valence-corrected chi connectivity index (χ4v) is 3.04. The van der Waals surface area contributed by atoms with Gasteiger partial charge in [0.05, 0.1) is 12.8 Å². The van der Waals surface area contributed by atoms with Crippen molar-refractivity contribution in [1.82, 2.24) is 9.99 Å². The number of nitrogens with one attached hydrogen (secondary N) is 1. The molecule has 0 aliphatic carbocycles. The van der Waals surface area contributed by atoms with Crippen LogP contribution >= 0.6 is 0 Å². The SMILES string of the molecule is Cc1cccc(Cn2cccc(C(=O)N/N=C\c3ccc(OC(C)(C)C)cc3)c2=O)c1. The Hall–Kier alpha value is -3.67. The summed E-state index contributed by atoms with van der Waals surface area (Å²) >= 11 is 0. The van der Waals surface area contributed by atoms with E-state index in [1.807, 2.05) is 76.2 Å². The molecule has 0 aliphatic rings. The van der Waals surface area contributed by atoms with Gasteiger partial charge < -0.3 is 9.30 Å². The highest BCUT2D eigenvalue weighted by Crippen LogP contribution is 2.17. The Labute approximate surface area is 182 Å². The van der Waals surface area contributed by atoms with Crippen LogP contribution in [0.4, 0.5) is 0 Å². The molecule has 160 valence electrons. The fraction of sp³-hybridized carbons (Fsp3) is 0.240. The first-order chi connectivity index (χ1) is 14.7. The summed E-state index contributed by atoms with van der Waals surface area (Å²) in [6.07, 6.45) is 3.19. The molecule has 0 aliphatic heterocycles. The number of aryl methyl sites for hydroxylation is 1. The molecule has 1 amide bonds. The molecule has 2 aromatic carbocycles. The molecule has 0 atom stereocenters. The smallest absolute Gasteiger partial charge is 0.276 e. The van der Waals surface area contributed by atoms with Crippen LogP contribution in [0.25, 0.3) is 0 Å². The number of nitrogens with zero attached hydrogens (tertiary/aromatic N) is 2. The van der Waals surface area contributed by atoms with Gasteiger partial charge in [-0.3, -0.25) is 9.59 Å². The molecule has 0 bridgehead atoms. The molecule has 0 saturated carbocycles. The van der Waals surface area contributed by atoms with Gasteiger partial charge in [-0.2, -0.15) is 5.10 Å². The zero-order valence-electron chi connectivity index (χ0n) is 18.3. The highest BCUT2D eigenvalue weighted by atomic mass is 16.5. The average Bonchev–Trinajstić information content (AvgIpc) is 2.70. The number of rotatable bonds is 6. The summed E-state index contributed by atoms with van der Waals surface area (Å²) < 4.78 is 7.29. The van der Waals surface area contributed by atoms with Crippen molar-refractivity contribution in [3.05, 3.63) is 99.5 Å². The summed E-state index contributed by atoms with van der Waals surface area (Å²) in [5.74, 6) is 0.208. The molecular formula is C25H27N3O3. The van der Waals surface area contributed by atoms with Crippen molar-refractivity contribution in [3.63, 3.8) is 0 Å². The third-order valence-electron chi connectivity index (χ3n) is 4.38. The van der Waals surface area contributed by atoms with Crippen molar-refractivity contribution in [1.29, 1.82) is 0 Å². The summed E-state index contributed by atoms with van der Waals surface area (Å²) in [4.78, 5) is 25.2. The highest BCUT2D eigenvalue weighted by Gasteiger charge is 2.12. The number of carbonyl (C=O) groups excluding carboxylic acids is 1. The quantitative estimate of drug-likeness (QED) is 0.484. The predicted octanol–water partition coefficient (Wildman–Crippen LogP) is 4.15. The van der Waals surface area contributed by atoms with Crippen LogP contribution in [-0.4, -0.2) is 22.3 Å². The average molecular weight is 418 g/mol. The van der Waals surface area contributed by atoms with Crippen LogP contribution in [0.2, 0.25) is 0 Å². The normalized spacial score (nSPS) is 11.5. The first-order valence-corrected chi connectivity index (χ1v) is 10.1. The highest BCUT2D eigenvalue weighted by molar-refractivity contribution is 5.94. The van der Waals surface area contributed by atoms with E-state index in [9.17, 15) is 9.59 Å². The molecule has 6 heteroatoms. The molecule has 3 aromatic rings. The molecule has 6 nitrogen and oxygen atoms in total. The second kappa shape index (κ2) is 9.43. The number of hydrogen-bond donors (Lipinski definition) is 1. The lowest BCUT2D eigenvalue weighted by Gasteiger charge is -2.21. The topological polar surface area (TPSA) is 72.7 Å². The van der Waals surface area contributed by atoms with E-state index in [0.29, 0.717) is 6.54 Å². The number of benzene rings is 2. The molecule has 0 unspecified atom stereocenters. The van der Waals surface area contributed by atoms with E-state index in [0.717, 1.165) is 22.4 Å². The Morgan fingerprint density at radius 1 is 1.10 bits per heavy atom. The minimum absolute atomic E-state index is 0.0428. The number of ether oxygens (including phenoxy) is 1. The fourth-order valence-electron chi connectivity index (χ4n) is 3.04. The van der Waals surface area contributed by atoms with E-state index >= 15 is 0 Å². The van der Waals surface area contributed by atoms with Gasteiger partial charge in [0.1, 0.15) is 16.9 Å². The maximum absolute atomic E-state index is 12.7. The third kappa shape index (κ3) is 6.40. The van der Waals surface area contributed by atoms with Gasteiger partial charge in [0, 0.05) is 6.20 Å². The van der Waals surface area contributed by atoms with Crippen LogP contribution in [0.3, 0.4) is 0 Å². The number of pyridine rings is 1. The van der Waals surface area contributed by atoms with Crippen LogP contribution < -0.4 is 15.7 Å². The Morgan fingerprint density at radius 2 is 1.84 bits per heavy atom. The monoisotopic (exact) mass is 417 g/mol. The van der Waals surface area contributed by atoms with Crippen LogP contribution in [0.15, 0.2) is 76.8 Å². The van der Waals surface area contributed by atoms with Gasteiger partial charge >= 0.3 is 0 Å². The molecule has 31 heavy (non-hydrogen) atoms. The van der Waals surface area contributed by atoms with Crippen molar-refractivity contribution < 1.29 is 9.53 Å². The van der Waals surface area contributed by atoms with E-state index < -0.39 is 5.91 Å². The molecule has 0 fully saturated rings. The van der Waals surface area contributed by atoms with E-state index in [1.54, 1.807) is 12.3 Å². The summed E-state index contributed by atoms with van der Waals surface area (Å²) in [6.45, 7) is 8.34. The number of carbonyl (C=O) groups is 1. The number of hydrogen-bond acceptors (Lipinski definition) is 4. The number of amides is 1. The summed E-state index contributed by atoms with van der Waals surface area (Å²) in [5, 5.41) is 3.98. The van der Waals surface area contributed by atoms with Crippen molar-refractivity contribution in [3.8, 4) is 5.75 Å². The molecule has 0 saturated heterocycles. The van der Waals surface area contributed by atoms with E-state index in [2.05, 4.69) is 10.5 Å². The van der Waals surface area contributed by atoms with Crippen LogP contribution in [0.1, 0.15) is 47.8 Å². The zero-order valence-corrected chi connectivity index (χ0v) is 18.3. The van der Waals surface area contributed by atoms with Crippen molar-refractivity contribution in [2.45, 2.75) is 39.8 Å². The zero-order chi connectivity index (χ0) is 22.4. The second-order valence-corrected chi connectivity index (χ2v) is 8.33. The van der Waals surface area contributed by atoms with Crippen molar-refractivity contribution in [2.24, 2.45) is 5.10 Å². The maximum atomic E-state index is 12.7. The first kappa shape index (κ1) is 22.0. The lowest BCUT2D eigenvalue weighted by Crippen LogP contribution is -2.30.